The Hall–Kier alpha value is -1.18. The highest BCUT2D eigenvalue weighted by molar-refractivity contribution is 5.76. The van der Waals surface area contributed by atoms with E-state index in [4.69, 9.17) is 4.74 Å². The van der Waals surface area contributed by atoms with Gasteiger partial charge in [0.15, 0.2) is 0 Å². The molecule has 3 N–H and O–H groups in total. The Labute approximate surface area is 150 Å². The minimum absolute atomic E-state index is 0.00487. The van der Waals surface area contributed by atoms with Crippen molar-refractivity contribution in [1.29, 1.82) is 0 Å². The van der Waals surface area contributed by atoms with Gasteiger partial charge in [0.25, 0.3) is 0 Å². The second-order valence-electron chi connectivity index (χ2n) is 7.04. The predicted octanol–water partition coefficient (Wildman–Crippen LogP) is 0.413. The number of carbonyl (C=O) groups excluding carboxylic acids is 2. The fraction of sp³-hybridized carbons (Fsp3) is 0.889. The van der Waals surface area contributed by atoms with E-state index in [1.165, 1.54) is 19.3 Å². The van der Waals surface area contributed by atoms with Crippen molar-refractivity contribution in [3.05, 3.63) is 0 Å². The van der Waals surface area contributed by atoms with Crippen LogP contribution in [0.5, 0.6) is 0 Å². The molecule has 0 aliphatic carbocycles. The molecule has 0 spiro atoms. The Bertz CT molecular complexity index is 427. The maximum Gasteiger partial charge on any atom is 0.222 e. The summed E-state index contributed by atoms with van der Waals surface area (Å²) in [6.45, 7) is 5.48. The zero-order chi connectivity index (χ0) is 18.1. The number of aliphatic hydroxyl groups is 1. The first kappa shape index (κ1) is 20.1. The molecule has 2 amide bonds. The summed E-state index contributed by atoms with van der Waals surface area (Å²) >= 11 is 0. The highest BCUT2D eigenvalue weighted by Gasteiger charge is 2.32. The number of hydrogen-bond donors (Lipinski definition) is 3. The summed E-state index contributed by atoms with van der Waals surface area (Å²) in [5, 5.41) is 15.4. The topological polar surface area (TPSA) is 90.9 Å². The third-order valence-electron chi connectivity index (χ3n) is 5.08. The van der Waals surface area contributed by atoms with E-state index in [9.17, 15) is 14.7 Å². The lowest BCUT2D eigenvalue weighted by atomic mass is 9.97. The van der Waals surface area contributed by atoms with Gasteiger partial charge in [-0.2, -0.15) is 0 Å². The number of carbonyl (C=O) groups is 2. The van der Waals surface area contributed by atoms with Crippen LogP contribution in [0.4, 0.5) is 0 Å². The molecule has 2 aliphatic heterocycles. The Kier molecular flexibility index (Phi) is 8.64. The van der Waals surface area contributed by atoms with E-state index in [0.717, 1.165) is 26.1 Å². The molecule has 2 rings (SSSR count). The standard InChI is InChI=1S/C18H33N3O4/c1-2-17(23)20-15-7-6-14(25-16(15)13-22)12-18(24)19-8-11-21-9-4-3-5-10-21/h14-16,22H,2-13H2,1H3,(H,19,24)(H,20,23)/t14-,15+,16-/m1/s1. The van der Waals surface area contributed by atoms with E-state index in [1.807, 2.05) is 0 Å². The molecule has 2 heterocycles. The first-order valence-electron chi connectivity index (χ1n) is 9.67. The third kappa shape index (κ3) is 6.92. The molecule has 0 radical (unpaired) electrons. The largest absolute Gasteiger partial charge is 0.394 e. The van der Waals surface area contributed by atoms with Gasteiger partial charge < -0.3 is 25.4 Å². The molecule has 144 valence electrons. The van der Waals surface area contributed by atoms with Gasteiger partial charge in [-0.05, 0) is 38.8 Å². The van der Waals surface area contributed by atoms with Crippen LogP contribution in [-0.2, 0) is 14.3 Å². The van der Waals surface area contributed by atoms with Crippen LogP contribution in [0.2, 0.25) is 0 Å². The molecule has 0 aromatic rings. The molecule has 0 aromatic carbocycles. The van der Waals surface area contributed by atoms with E-state index < -0.39 is 6.10 Å². The second kappa shape index (κ2) is 10.7. The van der Waals surface area contributed by atoms with E-state index in [1.54, 1.807) is 6.92 Å². The zero-order valence-electron chi connectivity index (χ0n) is 15.3. The number of likely N-dealkylation sites (tertiary alicyclic amines) is 1. The molecule has 0 unspecified atom stereocenters. The zero-order valence-corrected chi connectivity index (χ0v) is 15.3. The van der Waals surface area contributed by atoms with Gasteiger partial charge in [0.2, 0.25) is 11.8 Å². The highest BCUT2D eigenvalue weighted by Crippen LogP contribution is 2.22. The Balaban J connectivity index is 1.66. The van der Waals surface area contributed by atoms with Crippen molar-refractivity contribution in [3.8, 4) is 0 Å². The maximum absolute atomic E-state index is 12.1. The molecule has 25 heavy (non-hydrogen) atoms. The maximum atomic E-state index is 12.1. The van der Waals surface area contributed by atoms with Crippen LogP contribution in [0.1, 0.15) is 51.9 Å². The van der Waals surface area contributed by atoms with Gasteiger partial charge >= 0.3 is 0 Å². The average Bonchev–Trinajstić information content (AvgIpc) is 2.63. The number of aliphatic hydroxyl groups excluding tert-OH is 1. The summed E-state index contributed by atoms with van der Waals surface area (Å²) in [4.78, 5) is 26.0. The molecule has 2 fully saturated rings. The van der Waals surface area contributed by atoms with Gasteiger partial charge in [0.1, 0.15) is 6.10 Å². The molecule has 0 saturated carbocycles. The van der Waals surface area contributed by atoms with E-state index in [0.29, 0.717) is 25.8 Å². The Morgan fingerprint density at radius 3 is 2.60 bits per heavy atom. The monoisotopic (exact) mass is 355 g/mol. The minimum atomic E-state index is -0.435. The molecule has 2 saturated heterocycles. The summed E-state index contributed by atoms with van der Waals surface area (Å²) in [5.41, 5.74) is 0. The number of nitrogens with one attached hydrogen (secondary N) is 2. The molecular weight excluding hydrogens is 322 g/mol. The second-order valence-corrected chi connectivity index (χ2v) is 7.04. The van der Waals surface area contributed by atoms with Crippen LogP contribution in [0, 0.1) is 0 Å². The van der Waals surface area contributed by atoms with Crippen LogP contribution in [0.3, 0.4) is 0 Å². The quantitative estimate of drug-likeness (QED) is 0.587. The van der Waals surface area contributed by atoms with Crippen molar-refractivity contribution in [2.45, 2.75) is 70.1 Å². The van der Waals surface area contributed by atoms with Crippen LogP contribution in [0.25, 0.3) is 0 Å². The van der Waals surface area contributed by atoms with Crippen molar-refractivity contribution in [1.82, 2.24) is 15.5 Å². The summed E-state index contributed by atoms with van der Waals surface area (Å²) in [7, 11) is 0. The lowest BCUT2D eigenvalue weighted by molar-refractivity contribution is -0.135. The molecule has 7 nitrogen and oxygen atoms in total. The Morgan fingerprint density at radius 1 is 1.16 bits per heavy atom. The van der Waals surface area contributed by atoms with Gasteiger partial charge in [-0.1, -0.05) is 13.3 Å². The van der Waals surface area contributed by atoms with E-state index in [-0.39, 0.29) is 30.6 Å². The first-order chi connectivity index (χ1) is 12.1. The first-order valence-corrected chi connectivity index (χ1v) is 9.67. The van der Waals surface area contributed by atoms with Crippen molar-refractivity contribution in [3.63, 3.8) is 0 Å². The van der Waals surface area contributed by atoms with Crippen LogP contribution in [-0.4, -0.2) is 72.9 Å². The third-order valence-corrected chi connectivity index (χ3v) is 5.08. The molecule has 0 aromatic heterocycles. The van der Waals surface area contributed by atoms with Crippen molar-refractivity contribution in [2.75, 3.05) is 32.8 Å². The average molecular weight is 355 g/mol. The minimum Gasteiger partial charge on any atom is -0.394 e. The number of piperidine rings is 1. The lowest BCUT2D eigenvalue weighted by Gasteiger charge is -2.36. The Morgan fingerprint density at radius 2 is 1.92 bits per heavy atom. The van der Waals surface area contributed by atoms with Crippen LogP contribution in [0.15, 0.2) is 0 Å². The van der Waals surface area contributed by atoms with Gasteiger partial charge in [-0.15, -0.1) is 0 Å². The van der Waals surface area contributed by atoms with Gasteiger partial charge in [-0.25, -0.2) is 0 Å². The predicted molar refractivity (Wildman–Crippen MR) is 95.1 cm³/mol. The molecule has 7 heteroatoms. The summed E-state index contributed by atoms with van der Waals surface area (Å²) in [6, 6.07) is -0.170. The summed E-state index contributed by atoms with van der Waals surface area (Å²) in [6.07, 6.45) is 5.35. The lowest BCUT2D eigenvalue weighted by Crippen LogP contribution is -2.51. The SMILES string of the molecule is CCC(=O)N[C@H]1CC[C@H](CC(=O)NCCN2CCCCC2)O[C@@H]1CO. The summed E-state index contributed by atoms with van der Waals surface area (Å²) in [5.74, 6) is -0.0456. The number of amides is 2. The van der Waals surface area contributed by atoms with E-state index >= 15 is 0 Å². The summed E-state index contributed by atoms with van der Waals surface area (Å²) < 4.78 is 5.82. The normalized spacial score (nSPS) is 27.7. The molecule has 0 bridgehead atoms. The number of ether oxygens (including phenoxy) is 1. The number of rotatable bonds is 8. The number of nitrogens with zero attached hydrogens (tertiary/aromatic N) is 1. The molecular formula is C18H33N3O4. The van der Waals surface area contributed by atoms with Gasteiger partial charge in [0, 0.05) is 19.5 Å². The van der Waals surface area contributed by atoms with Crippen molar-refractivity contribution >= 4 is 11.8 Å². The smallest absolute Gasteiger partial charge is 0.222 e. The van der Waals surface area contributed by atoms with Crippen molar-refractivity contribution < 1.29 is 19.4 Å². The van der Waals surface area contributed by atoms with Gasteiger partial charge in [-0.3, -0.25) is 9.59 Å². The fourth-order valence-corrected chi connectivity index (χ4v) is 3.57. The van der Waals surface area contributed by atoms with Crippen molar-refractivity contribution in [2.24, 2.45) is 0 Å². The number of hydrogen-bond acceptors (Lipinski definition) is 5. The highest BCUT2D eigenvalue weighted by atomic mass is 16.5. The molecule has 3 atom stereocenters. The fourth-order valence-electron chi connectivity index (χ4n) is 3.57. The van der Waals surface area contributed by atoms with Crippen LogP contribution >= 0.6 is 0 Å². The van der Waals surface area contributed by atoms with Crippen LogP contribution < -0.4 is 10.6 Å². The van der Waals surface area contributed by atoms with E-state index in [2.05, 4.69) is 15.5 Å². The van der Waals surface area contributed by atoms with Gasteiger partial charge in [0.05, 0.1) is 25.2 Å². The molecule has 2 aliphatic rings.